The zero-order chi connectivity index (χ0) is 31.1. The summed E-state index contributed by atoms with van der Waals surface area (Å²) < 4.78 is 0. The second-order valence-corrected chi connectivity index (χ2v) is 14.8. The Labute approximate surface area is 319 Å². The average Bonchev–Trinajstić information content (AvgIpc) is 3.61. The molecule has 0 bridgehead atoms. The van der Waals surface area contributed by atoms with Crippen molar-refractivity contribution in [2.24, 2.45) is 10.8 Å². The molecule has 4 aliphatic carbocycles. The van der Waals surface area contributed by atoms with Gasteiger partial charge in [0.1, 0.15) is 0 Å². The summed E-state index contributed by atoms with van der Waals surface area (Å²) >= 11 is 0. The van der Waals surface area contributed by atoms with Crippen molar-refractivity contribution in [2.45, 2.75) is 79.6 Å². The van der Waals surface area contributed by atoms with Crippen molar-refractivity contribution in [1.29, 1.82) is 0 Å². The standard InChI is InChI=1S/C44H48.2ClH.Zr/c1-8-9-12-17-31-22-23-36(28-31)44(32-18-13-10-14-19-32,33-20-15-11-16-21-33)41-39-29-34(42(2,3)4)24-26-37(39)38-27-25-35(30-40(38)41)43(5,6)7;;;/h10-11,13-16,18-30H,8-9,12,17H2,1-7H3;2*1H;/q;;;+4/p-2. The van der Waals surface area contributed by atoms with Crippen LogP contribution in [0.5, 0.6) is 0 Å². The van der Waals surface area contributed by atoms with Crippen LogP contribution >= 0.6 is 0 Å². The van der Waals surface area contributed by atoms with Crippen LogP contribution in [0.4, 0.5) is 0 Å². The largest absolute Gasteiger partial charge is 4.00 e. The molecule has 2 aromatic rings. The van der Waals surface area contributed by atoms with Gasteiger partial charge in [0, 0.05) is 35.0 Å². The van der Waals surface area contributed by atoms with Gasteiger partial charge in [-0.05, 0) is 70.6 Å². The molecule has 3 heteroatoms. The van der Waals surface area contributed by atoms with E-state index in [0.717, 1.165) is 6.42 Å². The van der Waals surface area contributed by atoms with E-state index < -0.39 is 5.41 Å². The van der Waals surface area contributed by atoms with E-state index in [1.807, 2.05) is 0 Å². The van der Waals surface area contributed by atoms with E-state index in [-0.39, 0.29) is 61.8 Å². The van der Waals surface area contributed by atoms with Crippen LogP contribution in [0.15, 0.2) is 108 Å². The summed E-state index contributed by atoms with van der Waals surface area (Å²) in [5, 5.41) is 0. The second-order valence-electron chi connectivity index (χ2n) is 14.8. The van der Waals surface area contributed by atoms with Gasteiger partial charge >= 0.3 is 26.2 Å². The van der Waals surface area contributed by atoms with Crippen molar-refractivity contribution in [1.82, 2.24) is 0 Å². The summed E-state index contributed by atoms with van der Waals surface area (Å²) in [7, 11) is 0. The molecular formula is C44H48Cl2Zr+2. The second kappa shape index (κ2) is 16.3. The molecule has 2 aromatic carbocycles. The van der Waals surface area contributed by atoms with E-state index in [1.54, 1.807) is 0 Å². The zero-order valence-corrected chi connectivity index (χ0v) is 33.0. The number of unbranched alkanes of at least 4 members (excludes halogenated alkanes) is 2. The number of rotatable bonds is 8. The van der Waals surface area contributed by atoms with Crippen LogP contribution in [0.25, 0.3) is 0 Å². The van der Waals surface area contributed by atoms with Gasteiger partial charge in [0.25, 0.3) is 0 Å². The maximum atomic E-state index is 2.52. The summed E-state index contributed by atoms with van der Waals surface area (Å²) in [4.78, 5) is 0. The van der Waals surface area contributed by atoms with Gasteiger partial charge < -0.3 is 24.8 Å². The Hall–Kier alpha value is -1.14. The Kier molecular flexibility index (Phi) is 13.9. The Balaban J connectivity index is 0.00000200. The minimum absolute atomic E-state index is 0. The first-order valence-electron chi connectivity index (χ1n) is 16.6. The fourth-order valence-electron chi connectivity index (χ4n) is 7.22. The van der Waals surface area contributed by atoms with Crippen molar-refractivity contribution in [3.63, 3.8) is 0 Å². The zero-order valence-electron chi connectivity index (χ0n) is 29.1. The van der Waals surface area contributed by atoms with E-state index >= 15 is 0 Å². The van der Waals surface area contributed by atoms with Crippen LogP contribution in [0, 0.1) is 71.5 Å². The third-order valence-corrected chi connectivity index (χ3v) is 9.71. The predicted octanol–water partition coefficient (Wildman–Crippen LogP) is 5.30. The minimum Gasteiger partial charge on any atom is -1.00 e. The monoisotopic (exact) mass is 736 g/mol. The van der Waals surface area contributed by atoms with Crippen molar-refractivity contribution < 1.29 is 51.0 Å². The van der Waals surface area contributed by atoms with Gasteiger partial charge in [0.2, 0.25) is 0 Å². The molecule has 2 saturated carbocycles. The number of fused-ring (bicyclic) bond motifs is 3. The molecule has 0 aliphatic heterocycles. The molecule has 0 spiro atoms. The molecule has 0 nitrogen and oxygen atoms in total. The molecule has 0 saturated heterocycles. The summed E-state index contributed by atoms with van der Waals surface area (Å²) in [5.74, 6) is 9.61. The first kappa shape index (κ1) is 40.3. The van der Waals surface area contributed by atoms with Crippen LogP contribution < -0.4 is 24.8 Å². The van der Waals surface area contributed by atoms with Gasteiger partial charge in [-0.3, -0.25) is 0 Å². The van der Waals surface area contributed by atoms with Crippen LogP contribution in [0.1, 0.15) is 85.3 Å². The molecule has 10 radical (unpaired) electrons. The summed E-state index contributed by atoms with van der Waals surface area (Å²) in [5.41, 5.74) is 4.96. The number of benzene rings is 2. The molecule has 6 rings (SSSR count). The quantitative estimate of drug-likeness (QED) is 0.323. The summed E-state index contributed by atoms with van der Waals surface area (Å²) in [6.45, 7) is 16.3. The molecule has 0 atom stereocenters. The van der Waals surface area contributed by atoms with Gasteiger partial charge in [-0.1, -0.05) is 165 Å². The molecular weight excluding hydrogens is 691 g/mol. The number of allylic oxidation sites excluding steroid dienone is 8. The number of halogens is 2. The van der Waals surface area contributed by atoms with Crippen LogP contribution in [-0.2, 0) is 31.6 Å². The third-order valence-electron chi connectivity index (χ3n) is 9.71. The Bertz CT molecular complexity index is 1310. The van der Waals surface area contributed by atoms with Gasteiger partial charge in [-0.2, -0.15) is 0 Å². The van der Waals surface area contributed by atoms with E-state index in [2.05, 4.69) is 165 Å². The molecule has 2 fully saturated rings. The van der Waals surface area contributed by atoms with Crippen LogP contribution in [-0.4, -0.2) is 0 Å². The molecule has 0 amide bonds. The Morgan fingerprint density at radius 1 is 0.553 bits per heavy atom. The molecule has 0 aromatic heterocycles. The van der Waals surface area contributed by atoms with E-state index in [9.17, 15) is 0 Å². The normalized spacial score (nSPS) is 20.1. The van der Waals surface area contributed by atoms with Crippen LogP contribution in [0.3, 0.4) is 0 Å². The smallest absolute Gasteiger partial charge is 1.00 e. The van der Waals surface area contributed by atoms with Crippen molar-refractivity contribution >= 4 is 0 Å². The summed E-state index contributed by atoms with van der Waals surface area (Å²) in [6.07, 6.45) is 26.7. The van der Waals surface area contributed by atoms with Crippen LogP contribution in [0.2, 0.25) is 0 Å². The van der Waals surface area contributed by atoms with Crippen molar-refractivity contribution in [3.05, 3.63) is 180 Å². The fraction of sp³-hybridized carbons (Fsp3) is 0.318. The van der Waals surface area contributed by atoms with Gasteiger partial charge in [-0.15, -0.1) is 0 Å². The van der Waals surface area contributed by atoms with E-state index in [1.165, 1.54) is 83.0 Å². The average molecular weight is 739 g/mol. The maximum Gasteiger partial charge on any atom is 4.00 e. The van der Waals surface area contributed by atoms with E-state index in [4.69, 9.17) is 0 Å². The molecule has 240 valence electrons. The Morgan fingerprint density at radius 3 is 1.45 bits per heavy atom. The maximum absolute atomic E-state index is 2.52. The van der Waals surface area contributed by atoms with Crippen molar-refractivity contribution in [3.8, 4) is 0 Å². The molecule has 0 unspecified atom stereocenters. The fourth-order valence-corrected chi connectivity index (χ4v) is 7.22. The van der Waals surface area contributed by atoms with E-state index in [0.29, 0.717) is 0 Å². The Morgan fingerprint density at radius 2 is 1.02 bits per heavy atom. The SMILES string of the molecule is CCCCC[C]1[CH][CH][C](C([C]2[C]3C=C(C(C)(C)C)C=C[C]3[C]3C=CC(C(C)(C)C)=C[C]32)(c2ccccc2)c2ccccc2)[CH]1.[Cl-].[Cl-].[Zr+4]. The van der Waals surface area contributed by atoms with Gasteiger partial charge in [-0.25, -0.2) is 0 Å². The molecule has 0 heterocycles. The topological polar surface area (TPSA) is 0 Å². The van der Waals surface area contributed by atoms with Crippen molar-refractivity contribution in [2.75, 3.05) is 0 Å². The van der Waals surface area contributed by atoms with Gasteiger partial charge in [0.05, 0.1) is 0 Å². The minimum atomic E-state index is -0.488. The molecule has 0 N–H and O–H groups in total. The number of hydrogen-bond acceptors (Lipinski definition) is 0. The first-order chi connectivity index (χ1) is 21.0. The third kappa shape index (κ3) is 7.79. The predicted molar refractivity (Wildman–Crippen MR) is 187 cm³/mol. The first-order valence-corrected chi connectivity index (χ1v) is 16.6. The molecule has 4 aliphatic rings. The number of hydrogen-bond donors (Lipinski definition) is 0. The van der Waals surface area contributed by atoms with Gasteiger partial charge in [0.15, 0.2) is 0 Å². The molecule has 47 heavy (non-hydrogen) atoms. The summed E-state index contributed by atoms with van der Waals surface area (Å²) in [6, 6.07) is 22.6.